The summed E-state index contributed by atoms with van der Waals surface area (Å²) in [6, 6.07) is 0. The number of hydrogen-bond donors (Lipinski definition) is 0. The van der Waals surface area contributed by atoms with Crippen molar-refractivity contribution >= 4 is 11.7 Å². The number of carbonyl (C=O) groups is 1. The minimum atomic E-state index is -0.874. The zero-order chi connectivity index (χ0) is 21.7. The summed E-state index contributed by atoms with van der Waals surface area (Å²) in [5.41, 5.74) is 0.687. The maximum absolute atomic E-state index is 11.9. The van der Waals surface area contributed by atoms with Crippen LogP contribution >= 0.6 is 0 Å². The molecule has 4 heterocycles. The zero-order valence-electron chi connectivity index (χ0n) is 17.9. The van der Waals surface area contributed by atoms with Crippen LogP contribution in [0.5, 0.6) is 0 Å². The van der Waals surface area contributed by atoms with Crippen LogP contribution in [0, 0.1) is 0 Å². The molecule has 4 aliphatic rings. The third-order valence-corrected chi connectivity index (χ3v) is 5.20. The standard InChI is InChI=1S/C20H29NO9/c1-7-23-16(22)11-8-10(2)17(30-21-11)26-14-13(12-9-24-19(3,4)27-12)25-18-15(14)28-20(5,6)29-18/h12-15,17-18H,2,7-9H2,1,3-6H3/t12-,13-,14+,15-,17?,18-/m1/s1. The minimum absolute atomic E-state index is 0.148. The smallest absolute Gasteiger partial charge is 0.356 e. The molecular formula is C20H29NO9. The molecule has 0 aromatic heterocycles. The summed E-state index contributed by atoms with van der Waals surface area (Å²) >= 11 is 0. The highest BCUT2D eigenvalue weighted by atomic mass is 16.9. The number of rotatable bonds is 5. The fourth-order valence-corrected chi connectivity index (χ4v) is 3.94. The Kier molecular flexibility index (Phi) is 5.67. The van der Waals surface area contributed by atoms with E-state index in [0.717, 1.165) is 0 Å². The lowest BCUT2D eigenvalue weighted by atomic mass is 10.0. The Hall–Kier alpha value is -1.56. The molecule has 1 unspecified atom stereocenters. The van der Waals surface area contributed by atoms with E-state index in [9.17, 15) is 4.79 Å². The summed E-state index contributed by atoms with van der Waals surface area (Å²) in [5, 5.41) is 3.87. The lowest BCUT2D eigenvalue weighted by Crippen LogP contribution is -2.46. The molecule has 0 aromatic rings. The third kappa shape index (κ3) is 4.25. The van der Waals surface area contributed by atoms with Crippen LogP contribution in [0.3, 0.4) is 0 Å². The Morgan fingerprint density at radius 1 is 1.17 bits per heavy atom. The maximum Gasteiger partial charge on any atom is 0.356 e. The number of esters is 1. The van der Waals surface area contributed by atoms with Crippen LogP contribution in [0.25, 0.3) is 0 Å². The summed E-state index contributed by atoms with van der Waals surface area (Å²) in [6.45, 7) is 13.6. The summed E-state index contributed by atoms with van der Waals surface area (Å²) < 4.78 is 40.8. The largest absolute Gasteiger partial charge is 0.461 e. The van der Waals surface area contributed by atoms with E-state index in [-0.39, 0.29) is 24.8 Å². The highest BCUT2D eigenvalue weighted by Gasteiger charge is 2.59. The lowest BCUT2D eigenvalue weighted by molar-refractivity contribution is -0.251. The van der Waals surface area contributed by atoms with Crippen molar-refractivity contribution < 1.29 is 42.8 Å². The van der Waals surface area contributed by atoms with Gasteiger partial charge in [-0.25, -0.2) is 4.79 Å². The van der Waals surface area contributed by atoms with E-state index in [1.165, 1.54) is 0 Å². The Labute approximate surface area is 175 Å². The topological polar surface area (TPSA) is 103 Å². The number of fused-ring (bicyclic) bond motifs is 1. The molecule has 0 N–H and O–H groups in total. The average molecular weight is 427 g/mol. The molecule has 168 valence electrons. The molecule has 10 nitrogen and oxygen atoms in total. The molecule has 0 radical (unpaired) electrons. The van der Waals surface area contributed by atoms with Crippen molar-refractivity contribution in [3.8, 4) is 0 Å². The molecule has 0 amide bonds. The number of nitrogens with zero attached hydrogens (tertiary/aromatic N) is 1. The van der Waals surface area contributed by atoms with Gasteiger partial charge in [0.25, 0.3) is 0 Å². The van der Waals surface area contributed by atoms with Gasteiger partial charge in [0.1, 0.15) is 24.4 Å². The Morgan fingerprint density at radius 3 is 2.57 bits per heavy atom. The number of carbonyl (C=O) groups excluding carboxylic acids is 1. The van der Waals surface area contributed by atoms with Crippen molar-refractivity contribution in [1.29, 1.82) is 0 Å². The van der Waals surface area contributed by atoms with Crippen LogP contribution in [0.2, 0.25) is 0 Å². The molecule has 4 rings (SSSR count). The van der Waals surface area contributed by atoms with Crippen molar-refractivity contribution in [2.45, 2.75) is 89.6 Å². The van der Waals surface area contributed by atoms with Crippen molar-refractivity contribution in [3.05, 3.63) is 12.2 Å². The lowest BCUT2D eigenvalue weighted by Gasteiger charge is -2.32. The first kappa shape index (κ1) is 21.7. The van der Waals surface area contributed by atoms with Gasteiger partial charge in [0, 0.05) is 6.42 Å². The van der Waals surface area contributed by atoms with Crippen molar-refractivity contribution in [3.63, 3.8) is 0 Å². The van der Waals surface area contributed by atoms with Gasteiger partial charge in [-0.15, -0.1) is 0 Å². The SMILES string of the molecule is C=C1CC(C(=O)OCC)=NOC1O[C@@H]1[C@H]2OC(C)(C)O[C@H]2O[C@@H]1[C@H]1COC(C)(C)O1. The zero-order valence-corrected chi connectivity index (χ0v) is 17.9. The number of ether oxygens (including phenoxy) is 7. The molecule has 30 heavy (non-hydrogen) atoms. The highest BCUT2D eigenvalue weighted by Crippen LogP contribution is 2.42. The monoisotopic (exact) mass is 427 g/mol. The molecule has 0 bridgehead atoms. The van der Waals surface area contributed by atoms with E-state index in [1.807, 2.05) is 27.7 Å². The van der Waals surface area contributed by atoms with E-state index in [1.54, 1.807) is 6.92 Å². The molecule has 4 aliphatic heterocycles. The normalized spacial score (nSPS) is 39.4. The summed E-state index contributed by atoms with van der Waals surface area (Å²) in [6.07, 6.45) is -3.26. The van der Waals surface area contributed by atoms with Gasteiger partial charge in [0.05, 0.1) is 13.2 Å². The van der Waals surface area contributed by atoms with Gasteiger partial charge in [-0.05, 0) is 40.2 Å². The first-order chi connectivity index (χ1) is 14.1. The quantitative estimate of drug-likeness (QED) is 0.478. The Balaban J connectivity index is 1.49. The van der Waals surface area contributed by atoms with E-state index in [4.69, 9.17) is 38.0 Å². The highest BCUT2D eigenvalue weighted by molar-refractivity contribution is 6.37. The number of hydrogen-bond acceptors (Lipinski definition) is 10. The molecule has 0 spiro atoms. The predicted octanol–water partition coefficient (Wildman–Crippen LogP) is 1.62. The number of oxime groups is 1. The van der Waals surface area contributed by atoms with Gasteiger partial charge in [0.2, 0.25) is 6.29 Å². The Morgan fingerprint density at radius 2 is 1.93 bits per heavy atom. The second kappa shape index (κ2) is 7.85. The Bertz CT molecular complexity index is 734. The molecule has 0 saturated carbocycles. The van der Waals surface area contributed by atoms with Crippen molar-refractivity contribution in [2.75, 3.05) is 13.2 Å². The van der Waals surface area contributed by atoms with E-state index >= 15 is 0 Å². The van der Waals surface area contributed by atoms with Gasteiger partial charge >= 0.3 is 5.97 Å². The van der Waals surface area contributed by atoms with Crippen molar-refractivity contribution in [1.82, 2.24) is 0 Å². The fraction of sp³-hybridized carbons (Fsp3) is 0.800. The van der Waals surface area contributed by atoms with Gasteiger partial charge in [0.15, 0.2) is 23.6 Å². The minimum Gasteiger partial charge on any atom is -0.461 e. The summed E-state index contributed by atoms with van der Waals surface area (Å²) in [5.74, 6) is -2.07. The van der Waals surface area contributed by atoms with E-state index in [2.05, 4.69) is 11.7 Å². The second-order valence-corrected chi connectivity index (χ2v) is 8.57. The van der Waals surface area contributed by atoms with E-state index in [0.29, 0.717) is 12.2 Å². The first-order valence-corrected chi connectivity index (χ1v) is 10.1. The molecule has 6 atom stereocenters. The molecule has 0 aromatic carbocycles. The van der Waals surface area contributed by atoms with Crippen LogP contribution < -0.4 is 0 Å². The van der Waals surface area contributed by atoms with Gasteiger partial charge < -0.3 is 38.0 Å². The van der Waals surface area contributed by atoms with Gasteiger partial charge in [-0.1, -0.05) is 11.7 Å². The summed E-state index contributed by atoms with van der Waals surface area (Å²) in [7, 11) is 0. The summed E-state index contributed by atoms with van der Waals surface area (Å²) in [4.78, 5) is 17.3. The third-order valence-electron chi connectivity index (χ3n) is 5.20. The van der Waals surface area contributed by atoms with Crippen LogP contribution in [-0.4, -0.2) is 73.5 Å². The van der Waals surface area contributed by atoms with Crippen LogP contribution in [0.15, 0.2) is 17.3 Å². The molecule has 3 fully saturated rings. The van der Waals surface area contributed by atoms with Crippen molar-refractivity contribution in [2.24, 2.45) is 5.16 Å². The second-order valence-electron chi connectivity index (χ2n) is 8.57. The molecule has 3 saturated heterocycles. The predicted molar refractivity (Wildman–Crippen MR) is 101 cm³/mol. The van der Waals surface area contributed by atoms with E-state index < -0.39 is 48.4 Å². The van der Waals surface area contributed by atoms with Gasteiger partial charge in [-0.2, -0.15) is 0 Å². The molecular weight excluding hydrogens is 398 g/mol. The van der Waals surface area contributed by atoms with Crippen LogP contribution in [-0.2, 0) is 42.8 Å². The fourth-order valence-electron chi connectivity index (χ4n) is 3.94. The molecule has 10 heteroatoms. The van der Waals surface area contributed by atoms with Gasteiger partial charge in [-0.3, -0.25) is 0 Å². The molecule has 0 aliphatic carbocycles. The van der Waals surface area contributed by atoms with Crippen LogP contribution in [0.1, 0.15) is 41.0 Å². The average Bonchev–Trinajstić information content (AvgIpc) is 3.26. The first-order valence-electron chi connectivity index (χ1n) is 10.1. The maximum atomic E-state index is 11.9. The van der Waals surface area contributed by atoms with Crippen LogP contribution in [0.4, 0.5) is 0 Å².